The van der Waals surface area contributed by atoms with Crippen LogP contribution in [0.25, 0.3) is 0 Å². The van der Waals surface area contributed by atoms with Gasteiger partial charge in [-0.1, -0.05) is 19.4 Å². The highest BCUT2D eigenvalue weighted by Gasteiger charge is 2.24. The molecular weight excluding hydrogens is 238 g/mol. The minimum Gasteiger partial charge on any atom is -0.351 e. The molecule has 0 bridgehead atoms. The third-order valence-electron chi connectivity index (χ3n) is 3.68. The van der Waals surface area contributed by atoms with Gasteiger partial charge >= 0.3 is 0 Å². The first-order chi connectivity index (χ1) is 8.90. The number of hydrogen-bond acceptors (Lipinski definition) is 3. The van der Waals surface area contributed by atoms with Gasteiger partial charge in [-0.05, 0) is 26.8 Å². The molecule has 0 unspecified atom stereocenters. The Balaban J connectivity index is 2.49. The average molecular weight is 267 g/mol. The Labute approximate surface area is 117 Å². The number of amides is 1. The Bertz CT molecular complexity index is 313. The molecule has 0 radical (unpaired) electrons. The first-order valence-electron chi connectivity index (χ1n) is 7.25. The van der Waals surface area contributed by atoms with E-state index in [2.05, 4.69) is 36.0 Å². The molecule has 4 nitrogen and oxygen atoms in total. The third kappa shape index (κ3) is 5.74. The number of rotatable bonds is 5. The van der Waals surface area contributed by atoms with Crippen molar-refractivity contribution in [1.29, 1.82) is 0 Å². The van der Waals surface area contributed by atoms with Gasteiger partial charge in [0.25, 0.3) is 0 Å². The monoisotopic (exact) mass is 267 g/mol. The van der Waals surface area contributed by atoms with Gasteiger partial charge in [0, 0.05) is 44.8 Å². The summed E-state index contributed by atoms with van der Waals surface area (Å²) >= 11 is 0. The predicted octanol–water partition coefficient (Wildman–Crippen LogP) is 1.34. The highest BCUT2D eigenvalue weighted by atomic mass is 16.1. The smallest absolute Gasteiger partial charge is 0.243 e. The van der Waals surface area contributed by atoms with Crippen LogP contribution in [0.15, 0.2) is 11.6 Å². The molecule has 0 aromatic carbocycles. The maximum absolute atomic E-state index is 11.7. The molecule has 0 saturated carbocycles. The van der Waals surface area contributed by atoms with Crippen molar-refractivity contribution in [3.63, 3.8) is 0 Å². The van der Waals surface area contributed by atoms with E-state index in [-0.39, 0.29) is 5.91 Å². The number of piperazine rings is 1. The van der Waals surface area contributed by atoms with Crippen molar-refractivity contribution in [2.24, 2.45) is 5.92 Å². The molecule has 19 heavy (non-hydrogen) atoms. The molecule has 1 N–H and O–H groups in total. The number of carbonyl (C=O) groups is 1. The molecule has 0 spiro atoms. The van der Waals surface area contributed by atoms with E-state index < -0.39 is 0 Å². The second-order valence-corrected chi connectivity index (χ2v) is 6.12. The highest BCUT2D eigenvalue weighted by Crippen LogP contribution is 2.12. The second kappa shape index (κ2) is 7.65. The Morgan fingerprint density at radius 1 is 1.21 bits per heavy atom. The highest BCUT2D eigenvalue weighted by molar-refractivity contribution is 5.88. The molecule has 1 atom stereocenters. The van der Waals surface area contributed by atoms with Crippen molar-refractivity contribution in [3.05, 3.63) is 11.6 Å². The lowest BCUT2D eigenvalue weighted by Crippen LogP contribution is -2.54. The van der Waals surface area contributed by atoms with E-state index in [0.29, 0.717) is 12.0 Å². The summed E-state index contributed by atoms with van der Waals surface area (Å²) in [4.78, 5) is 16.6. The van der Waals surface area contributed by atoms with Gasteiger partial charge < -0.3 is 10.2 Å². The van der Waals surface area contributed by atoms with Crippen LogP contribution in [0.5, 0.6) is 0 Å². The minimum atomic E-state index is 0.0276. The SMILES string of the molecule is CC(C)=CC(=O)NC[C@@H](C(C)C)N1CCN(C)CC1. The summed E-state index contributed by atoms with van der Waals surface area (Å²) in [6.07, 6.45) is 1.67. The lowest BCUT2D eigenvalue weighted by Gasteiger charge is -2.39. The molecule has 1 heterocycles. The number of allylic oxidation sites excluding steroid dienone is 1. The molecular formula is C15H29N3O. The Morgan fingerprint density at radius 2 is 1.79 bits per heavy atom. The Hall–Kier alpha value is -0.870. The van der Waals surface area contributed by atoms with Gasteiger partial charge in [0.2, 0.25) is 5.91 Å². The quantitative estimate of drug-likeness (QED) is 0.764. The van der Waals surface area contributed by atoms with Crippen LogP contribution < -0.4 is 5.32 Å². The maximum Gasteiger partial charge on any atom is 0.243 e. The van der Waals surface area contributed by atoms with Gasteiger partial charge in [-0.25, -0.2) is 0 Å². The molecule has 1 saturated heterocycles. The van der Waals surface area contributed by atoms with Gasteiger partial charge in [-0.3, -0.25) is 9.69 Å². The van der Waals surface area contributed by atoms with E-state index in [1.54, 1.807) is 6.08 Å². The second-order valence-electron chi connectivity index (χ2n) is 6.12. The summed E-state index contributed by atoms with van der Waals surface area (Å²) in [5, 5.41) is 3.03. The third-order valence-corrected chi connectivity index (χ3v) is 3.68. The van der Waals surface area contributed by atoms with E-state index in [1.165, 1.54) is 0 Å². The molecule has 1 amide bonds. The van der Waals surface area contributed by atoms with Crippen LogP contribution >= 0.6 is 0 Å². The topological polar surface area (TPSA) is 35.6 Å². The summed E-state index contributed by atoms with van der Waals surface area (Å²) in [6.45, 7) is 13.5. The zero-order chi connectivity index (χ0) is 14.4. The molecule has 0 aromatic heterocycles. The van der Waals surface area contributed by atoms with Crippen LogP contribution in [0.3, 0.4) is 0 Å². The van der Waals surface area contributed by atoms with Gasteiger partial charge in [0.15, 0.2) is 0 Å². The summed E-state index contributed by atoms with van der Waals surface area (Å²) in [6, 6.07) is 0.434. The van der Waals surface area contributed by atoms with Crippen LogP contribution in [-0.4, -0.2) is 61.5 Å². The fourth-order valence-corrected chi connectivity index (χ4v) is 2.46. The van der Waals surface area contributed by atoms with Crippen molar-refractivity contribution in [3.8, 4) is 0 Å². The normalized spacial score (nSPS) is 19.3. The fourth-order valence-electron chi connectivity index (χ4n) is 2.46. The van der Waals surface area contributed by atoms with Crippen LogP contribution in [0, 0.1) is 5.92 Å². The first-order valence-corrected chi connectivity index (χ1v) is 7.25. The summed E-state index contributed by atoms with van der Waals surface area (Å²) in [7, 11) is 2.16. The zero-order valence-corrected chi connectivity index (χ0v) is 13.1. The van der Waals surface area contributed by atoms with E-state index in [0.717, 1.165) is 38.3 Å². The molecule has 0 aromatic rings. The fraction of sp³-hybridized carbons (Fsp3) is 0.800. The van der Waals surface area contributed by atoms with E-state index in [9.17, 15) is 4.79 Å². The van der Waals surface area contributed by atoms with Crippen molar-refractivity contribution in [2.45, 2.75) is 33.7 Å². The summed E-state index contributed by atoms with van der Waals surface area (Å²) < 4.78 is 0. The van der Waals surface area contributed by atoms with E-state index in [1.807, 2.05) is 13.8 Å². The largest absolute Gasteiger partial charge is 0.351 e. The maximum atomic E-state index is 11.7. The van der Waals surface area contributed by atoms with E-state index >= 15 is 0 Å². The van der Waals surface area contributed by atoms with Crippen molar-refractivity contribution in [1.82, 2.24) is 15.1 Å². The summed E-state index contributed by atoms with van der Waals surface area (Å²) in [5.74, 6) is 0.579. The van der Waals surface area contributed by atoms with Crippen molar-refractivity contribution in [2.75, 3.05) is 39.8 Å². The van der Waals surface area contributed by atoms with Crippen molar-refractivity contribution < 1.29 is 4.79 Å². The first kappa shape index (κ1) is 16.2. The standard InChI is InChI=1S/C15H29N3O/c1-12(2)10-15(19)16-11-14(13(3)4)18-8-6-17(5)7-9-18/h10,13-14H,6-9,11H2,1-5H3,(H,16,19)/t14-/m0/s1. The van der Waals surface area contributed by atoms with Gasteiger partial charge in [0.05, 0.1) is 0 Å². The van der Waals surface area contributed by atoms with Crippen LogP contribution in [0.4, 0.5) is 0 Å². The van der Waals surface area contributed by atoms with E-state index in [4.69, 9.17) is 0 Å². The predicted molar refractivity (Wildman–Crippen MR) is 80.1 cm³/mol. The lowest BCUT2D eigenvalue weighted by atomic mass is 10.0. The van der Waals surface area contributed by atoms with Gasteiger partial charge in [-0.15, -0.1) is 0 Å². The number of hydrogen-bond donors (Lipinski definition) is 1. The number of likely N-dealkylation sites (N-methyl/N-ethyl adjacent to an activating group) is 1. The molecule has 1 fully saturated rings. The molecule has 1 aliphatic rings. The molecule has 1 rings (SSSR count). The van der Waals surface area contributed by atoms with Gasteiger partial charge in [0.1, 0.15) is 0 Å². The molecule has 4 heteroatoms. The Morgan fingerprint density at radius 3 is 2.26 bits per heavy atom. The number of nitrogens with zero attached hydrogens (tertiary/aromatic N) is 2. The average Bonchev–Trinajstić information content (AvgIpc) is 2.30. The zero-order valence-electron chi connectivity index (χ0n) is 13.1. The summed E-state index contributed by atoms with van der Waals surface area (Å²) in [5.41, 5.74) is 1.04. The molecule has 1 aliphatic heterocycles. The lowest BCUT2D eigenvalue weighted by molar-refractivity contribution is -0.116. The number of nitrogens with one attached hydrogen (secondary N) is 1. The van der Waals surface area contributed by atoms with Crippen molar-refractivity contribution >= 4 is 5.91 Å². The molecule has 0 aliphatic carbocycles. The van der Waals surface area contributed by atoms with Crippen LogP contribution in [0.1, 0.15) is 27.7 Å². The number of carbonyl (C=O) groups excluding carboxylic acids is 1. The van der Waals surface area contributed by atoms with Gasteiger partial charge in [-0.2, -0.15) is 0 Å². The van der Waals surface area contributed by atoms with Crippen LogP contribution in [-0.2, 0) is 4.79 Å². The Kier molecular flexibility index (Phi) is 6.52. The minimum absolute atomic E-state index is 0.0276. The van der Waals surface area contributed by atoms with Crippen LogP contribution in [0.2, 0.25) is 0 Å². The molecule has 110 valence electrons.